The van der Waals surface area contributed by atoms with Gasteiger partial charge in [-0.1, -0.05) is 252 Å². The van der Waals surface area contributed by atoms with Gasteiger partial charge in [0.15, 0.2) is 12.4 Å². The van der Waals surface area contributed by atoms with Crippen LogP contribution in [0.2, 0.25) is 0 Å². The van der Waals surface area contributed by atoms with Crippen LogP contribution in [-0.2, 0) is 33.3 Å². The van der Waals surface area contributed by atoms with Crippen LogP contribution in [0.4, 0.5) is 0 Å². The van der Waals surface area contributed by atoms with Crippen LogP contribution in [-0.4, -0.2) is 89.7 Å². The maximum Gasteiger partial charge on any atom is 0.306 e. The summed E-state index contributed by atoms with van der Waals surface area (Å²) >= 11 is 0. The second-order valence-corrected chi connectivity index (χ2v) is 20.4. The molecule has 1 heterocycles. The van der Waals surface area contributed by atoms with E-state index in [1.807, 2.05) is 0 Å². The first-order valence-corrected chi connectivity index (χ1v) is 29.2. The second-order valence-electron chi connectivity index (χ2n) is 20.4. The summed E-state index contributed by atoms with van der Waals surface area (Å²) in [6.07, 6.45) is 40.2. The smallest absolute Gasteiger partial charge is 0.306 e. The number of hydrogen-bond donors (Lipinski definition) is 4. The van der Waals surface area contributed by atoms with Crippen molar-refractivity contribution in [2.45, 2.75) is 327 Å². The van der Waals surface area contributed by atoms with E-state index >= 15 is 0 Å². The Labute approximate surface area is 417 Å². The molecule has 0 aromatic carbocycles. The number of esters is 2. The van der Waals surface area contributed by atoms with E-state index in [4.69, 9.17) is 18.9 Å². The van der Waals surface area contributed by atoms with Crippen molar-refractivity contribution in [1.29, 1.82) is 0 Å². The van der Waals surface area contributed by atoms with Crippen molar-refractivity contribution >= 4 is 17.8 Å². The average molecular weight is 968 g/mol. The van der Waals surface area contributed by atoms with Gasteiger partial charge in [0, 0.05) is 25.8 Å². The van der Waals surface area contributed by atoms with E-state index in [0.717, 1.165) is 57.8 Å². The molecule has 1 saturated heterocycles. The zero-order valence-corrected chi connectivity index (χ0v) is 44.5. The highest BCUT2D eigenvalue weighted by atomic mass is 16.7. The van der Waals surface area contributed by atoms with Crippen molar-refractivity contribution in [3.8, 4) is 0 Å². The predicted octanol–water partition coefficient (Wildman–Crippen LogP) is 13.8. The fraction of sp³-hybridized carbons (Fsp3) is 0.947. The Morgan fingerprint density at radius 1 is 0.426 bits per heavy atom. The van der Waals surface area contributed by atoms with Gasteiger partial charge >= 0.3 is 11.9 Å². The van der Waals surface area contributed by atoms with Crippen LogP contribution in [0.1, 0.15) is 290 Å². The van der Waals surface area contributed by atoms with Gasteiger partial charge in [0.2, 0.25) is 5.91 Å². The maximum absolute atomic E-state index is 13.0. The molecule has 0 unspecified atom stereocenters. The summed E-state index contributed by atoms with van der Waals surface area (Å²) in [4.78, 5) is 38.5. The first-order chi connectivity index (χ1) is 33.2. The summed E-state index contributed by atoms with van der Waals surface area (Å²) in [7, 11) is 0. The Morgan fingerprint density at radius 3 is 1.15 bits per heavy atom. The number of ether oxygens (including phenoxy) is 4. The highest BCUT2D eigenvalue weighted by Crippen LogP contribution is 2.23. The number of amides is 1. The molecule has 0 aromatic heterocycles. The molecule has 0 saturated carbocycles. The zero-order chi connectivity index (χ0) is 49.6. The molecule has 0 bridgehead atoms. The molecule has 4 N–H and O–H groups in total. The topological polar surface area (TPSA) is 161 Å². The highest BCUT2D eigenvalue weighted by molar-refractivity contribution is 5.75. The van der Waals surface area contributed by atoms with Crippen LogP contribution in [0.25, 0.3) is 0 Å². The van der Waals surface area contributed by atoms with Crippen molar-refractivity contribution < 1.29 is 48.7 Å². The fourth-order valence-electron chi connectivity index (χ4n) is 9.22. The number of nitrogens with one attached hydrogen (secondary N) is 1. The second kappa shape index (κ2) is 47.5. The van der Waals surface area contributed by atoms with E-state index < -0.39 is 42.8 Å². The minimum atomic E-state index is -1.59. The first kappa shape index (κ1) is 64.2. The van der Waals surface area contributed by atoms with Crippen LogP contribution in [0.5, 0.6) is 0 Å². The largest absolute Gasteiger partial charge is 0.462 e. The Balaban J connectivity index is 2.52. The summed E-state index contributed by atoms with van der Waals surface area (Å²) in [5.74, 6) is -0.954. The number of unbranched alkanes of at least 4 members (excludes halogenated alkanes) is 36. The van der Waals surface area contributed by atoms with Crippen molar-refractivity contribution in [2.75, 3.05) is 19.8 Å². The van der Waals surface area contributed by atoms with E-state index in [1.165, 1.54) is 186 Å². The van der Waals surface area contributed by atoms with E-state index in [1.54, 1.807) is 0 Å². The van der Waals surface area contributed by atoms with Gasteiger partial charge in [-0.15, -0.1) is 0 Å². The van der Waals surface area contributed by atoms with Crippen molar-refractivity contribution in [3.05, 3.63) is 0 Å². The number of aliphatic hydroxyl groups excluding tert-OH is 3. The van der Waals surface area contributed by atoms with Gasteiger partial charge in [0.1, 0.15) is 31.0 Å². The normalized spacial score (nSPS) is 18.7. The van der Waals surface area contributed by atoms with E-state index in [-0.39, 0.29) is 44.5 Å². The number of hydrogen-bond acceptors (Lipinski definition) is 10. The molecule has 11 heteroatoms. The quantitative estimate of drug-likeness (QED) is 0.0341. The van der Waals surface area contributed by atoms with Gasteiger partial charge in [0.25, 0.3) is 0 Å². The number of rotatable bonds is 50. The SMILES string of the molecule is CCCCCCCCCCCCCCCC(=O)NC[C@H]1O[C@H](OC[C@@H](COC(=O)CCCCCCCCCCCCCCC)OC(=O)CCCCCCCCCCCCCCC)[C@H](O)[C@@H](O)[C@@H]1O. The minimum Gasteiger partial charge on any atom is -0.462 e. The molecule has 1 aliphatic rings. The van der Waals surface area contributed by atoms with Crippen LogP contribution in [0, 0.1) is 0 Å². The summed E-state index contributed by atoms with van der Waals surface area (Å²) in [5.41, 5.74) is 0. The number of carbonyl (C=O) groups excluding carboxylic acids is 3. The summed E-state index contributed by atoms with van der Waals surface area (Å²) in [6, 6.07) is 0. The molecule has 0 aromatic rings. The first-order valence-electron chi connectivity index (χ1n) is 29.2. The molecule has 0 spiro atoms. The molecule has 1 rings (SSSR count). The molecular weight excluding hydrogens is 859 g/mol. The minimum absolute atomic E-state index is 0.0730. The average Bonchev–Trinajstić information content (AvgIpc) is 3.33. The molecule has 1 amide bonds. The van der Waals surface area contributed by atoms with Gasteiger partial charge in [-0.2, -0.15) is 0 Å². The lowest BCUT2D eigenvalue weighted by Crippen LogP contribution is -2.60. The fourth-order valence-corrected chi connectivity index (χ4v) is 9.22. The van der Waals surface area contributed by atoms with Crippen LogP contribution in [0.3, 0.4) is 0 Å². The third-order valence-corrected chi connectivity index (χ3v) is 13.8. The third-order valence-electron chi connectivity index (χ3n) is 13.8. The van der Waals surface area contributed by atoms with Crippen molar-refractivity contribution in [2.24, 2.45) is 0 Å². The maximum atomic E-state index is 13.0. The van der Waals surface area contributed by atoms with Crippen LogP contribution in [0.15, 0.2) is 0 Å². The van der Waals surface area contributed by atoms with E-state index in [9.17, 15) is 29.7 Å². The van der Waals surface area contributed by atoms with Gasteiger partial charge in [-0.25, -0.2) is 0 Å². The molecule has 1 fully saturated rings. The molecule has 11 nitrogen and oxygen atoms in total. The van der Waals surface area contributed by atoms with E-state index in [0.29, 0.717) is 12.8 Å². The Kier molecular flexibility index (Phi) is 44.9. The van der Waals surface area contributed by atoms with Gasteiger partial charge in [-0.3, -0.25) is 14.4 Å². The van der Waals surface area contributed by atoms with Crippen LogP contribution < -0.4 is 5.32 Å². The summed E-state index contributed by atoms with van der Waals surface area (Å²) < 4.78 is 23.1. The third kappa shape index (κ3) is 38.0. The molecule has 1 aliphatic heterocycles. The lowest BCUT2D eigenvalue weighted by Gasteiger charge is -2.40. The molecular formula is C57H109NO10. The standard InChI is InChI=1S/C57H109NO10/c1-4-7-10-13-16-19-22-25-28-31-34-37-40-43-51(59)58-46-50-54(62)55(63)56(64)57(68-50)66-48-49(67-53(61)45-42-39-36-33-30-27-24-21-18-15-12-9-6-3)47-65-52(60)44-41-38-35-32-29-26-23-20-17-14-11-8-5-2/h49-50,54-57,62-64H,4-48H2,1-3H3,(H,58,59)/t49-,50-,54-,55+,56-,57+/m1/s1. The lowest BCUT2D eigenvalue weighted by molar-refractivity contribution is -0.299. The highest BCUT2D eigenvalue weighted by Gasteiger charge is 2.44. The zero-order valence-electron chi connectivity index (χ0n) is 44.5. The summed E-state index contributed by atoms with van der Waals surface area (Å²) in [5, 5.41) is 35.0. The monoisotopic (exact) mass is 968 g/mol. The van der Waals surface area contributed by atoms with Gasteiger partial charge in [-0.05, 0) is 19.3 Å². The van der Waals surface area contributed by atoms with Crippen LogP contribution >= 0.6 is 0 Å². The number of carbonyl (C=O) groups is 3. The van der Waals surface area contributed by atoms with Crippen molar-refractivity contribution in [3.63, 3.8) is 0 Å². The Bertz CT molecular complexity index is 1140. The van der Waals surface area contributed by atoms with Gasteiger partial charge < -0.3 is 39.6 Å². The molecule has 68 heavy (non-hydrogen) atoms. The molecule has 0 aliphatic carbocycles. The molecule has 6 atom stereocenters. The Morgan fingerprint density at radius 2 is 0.765 bits per heavy atom. The number of aliphatic hydroxyl groups is 3. The lowest BCUT2D eigenvalue weighted by atomic mass is 9.98. The van der Waals surface area contributed by atoms with Crippen molar-refractivity contribution in [1.82, 2.24) is 5.32 Å². The summed E-state index contributed by atoms with van der Waals surface area (Å²) in [6.45, 7) is 6.20. The predicted molar refractivity (Wildman–Crippen MR) is 277 cm³/mol. The molecule has 402 valence electrons. The van der Waals surface area contributed by atoms with Gasteiger partial charge in [0.05, 0.1) is 6.61 Å². The Hall–Kier alpha value is -1.79. The van der Waals surface area contributed by atoms with E-state index in [2.05, 4.69) is 26.1 Å². The molecule has 0 radical (unpaired) electrons.